The average Bonchev–Trinajstić information content (AvgIpc) is 3.00. The average molecular weight is 392 g/mol. The monoisotopic (exact) mass is 391 g/mol. The molecule has 29 heavy (non-hydrogen) atoms. The number of pyridine rings is 1. The number of rotatable bonds is 0. The van der Waals surface area contributed by atoms with Gasteiger partial charge in [0.25, 0.3) is 5.56 Å². The first-order valence-corrected chi connectivity index (χ1v) is 11.1. The molecule has 0 aliphatic heterocycles. The molecule has 1 aromatic rings. The van der Waals surface area contributed by atoms with Crippen molar-refractivity contribution < 1.29 is 5.11 Å². The van der Waals surface area contributed by atoms with Gasteiger partial charge in [-0.3, -0.25) is 4.79 Å². The number of hydrogen-bond donors (Lipinski definition) is 2. The highest BCUT2D eigenvalue weighted by Crippen LogP contribution is 2.65. The van der Waals surface area contributed by atoms with Crippen LogP contribution in [0.1, 0.15) is 74.8 Å². The van der Waals surface area contributed by atoms with Crippen molar-refractivity contribution >= 4 is 0 Å². The van der Waals surface area contributed by atoms with Crippen molar-refractivity contribution in [3.8, 4) is 12.1 Å². The minimum atomic E-state index is -0.423. The molecule has 5 rings (SSSR count). The van der Waals surface area contributed by atoms with Gasteiger partial charge in [-0.1, -0.05) is 13.8 Å². The van der Waals surface area contributed by atoms with Crippen LogP contribution in [0.3, 0.4) is 0 Å². The molecule has 152 valence electrons. The number of nitriles is 2. The van der Waals surface area contributed by atoms with E-state index in [0.29, 0.717) is 29.2 Å². The molecule has 4 aliphatic rings. The van der Waals surface area contributed by atoms with E-state index in [1.165, 1.54) is 6.42 Å². The van der Waals surface area contributed by atoms with E-state index < -0.39 is 5.56 Å². The topological polar surface area (TPSA) is 101 Å². The van der Waals surface area contributed by atoms with E-state index >= 15 is 0 Å². The number of aliphatic hydroxyl groups excluding tert-OH is 1. The van der Waals surface area contributed by atoms with Gasteiger partial charge in [0, 0.05) is 5.69 Å². The third kappa shape index (κ3) is 2.37. The number of aromatic amines is 1. The molecule has 5 heteroatoms. The molecule has 7 atom stereocenters. The maximum atomic E-state index is 12.3. The Morgan fingerprint density at radius 1 is 1.00 bits per heavy atom. The lowest BCUT2D eigenvalue weighted by molar-refractivity contribution is -0.111. The highest BCUT2D eigenvalue weighted by atomic mass is 16.3. The first-order chi connectivity index (χ1) is 13.8. The minimum Gasteiger partial charge on any atom is -0.393 e. The van der Waals surface area contributed by atoms with Crippen LogP contribution in [-0.2, 0) is 12.8 Å². The number of aromatic nitrogens is 1. The fraction of sp³-hybridized carbons (Fsp3) is 0.708. The molecule has 3 saturated carbocycles. The molecule has 0 bridgehead atoms. The number of nitrogens with zero attached hydrogens (tertiary/aromatic N) is 2. The fourth-order valence-electron chi connectivity index (χ4n) is 8.04. The van der Waals surface area contributed by atoms with Crippen LogP contribution in [-0.4, -0.2) is 16.2 Å². The zero-order valence-corrected chi connectivity index (χ0v) is 17.3. The Bertz CT molecular complexity index is 1010. The first-order valence-electron chi connectivity index (χ1n) is 11.1. The van der Waals surface area contributed by atoms with Gasteiger partial charge >= 0.3 is 0 Å². The van der Waals surface area contributed by atoms with Crippen LogP contribution in [0, 0.1) is 57.2 Å². The van der Waals surface area contributed by atoms with Crippen LogP contribution in [0.4, 0.5) is 0 Å². The Morgan fingerprint density at radius 2 is 1.72 bits per heavy atom. The zero-order chi connectivity index (χ0) is 20.6. The van der Waals surface area contributed by atoms with Gasteiger partial charge < -0.3 is 10.1 Å². The van der Waals surface area contributed by atoms with Crippen molar-refractivity contribution in [2.45, 2.75) is 71.3 Å². The van der Waals surface area contributed by atoms with Gasteiger partial charge in [0.15, 0.2) is 0 Å². The predicted molar refractivity (Wildman–Crippen MR) is 108 cm³/mol. The van der Waals surface area contributed by atoms with E-state index in [1.54, 1.807) is 0 Å². The van der Waals surface area contributed by atoms with E-state index in [0.717, 1.165) is 56.2 Å². The van der Waals surface area contributed by atoms with Crippen LogP contribution < -0.4 is 5.56 Å². The number of aliphatic hydroxyl groups is 1. The van der Waals surface area contributed by atoms with Gasteiger partial charge in [-0.25, -0.2) is 0 Å². The van der Waals surface area contributed by atoms with Gasteiger partial charge in [0.05, 0.1) is 11.7 Å². The highest BCUT2D eigenvalue weighted by molar-refractivity contribution is 5.52. The predicted octanol–water partition coefficient (Wildman–Crippen LogP) is 3.44. The molecule has 0 amide bonds. The Balaban J connectivity index is 1.57. The van der Waals surface area contributed by atoms with Crippen molar-refractivity contribution in [3.63, 3.8) is 0 Å². The van der Waals surface area contributed by atoms with Crippen molar-refractivity contribution in [2.75, 3.05) is 0 Å². The smallest absolute Gasteiger partial charge is 0.267 e. The largest absolute Gasteiger partial charge is 0.393 e. The van der Waals surface area contributed by atoms with Crippen LogP contribution in [0.15, 0.2) is 4.79 Å². The van der Waals surface area contributed by atoms with E-state index in [2.05, 4.69) is 24.9 Å². The molecule has 0 unspecified atom stereocenters. The molecule has 0 saturated heterocycles. The van der Waals surface area contributed by atoms with Gasteiger partial charge in [-0.05, 0) is 91.4 Å². The molecule has 1 heterocycles. The molecule has 3 fully saturated rings. The lowest BCUT2D eigenvalue weighted by atomic mass is 9.45. The lowest BCUT2D eigenvalue weighted by Gasteiger charge is -2.60. The highest BCUT2D eigenvalue weighted by Gasteiger charge is 2.60. The van der Waals surface area contributed by atoms with Crippen molar-refractivity contribution in [3.05, 3.63) is 32.7 Å². The van der Waals surface area contributed by atoms with E-state index in [-0.39, 0.29) is 22.5 Å². The Morgan fingerprint density at radius 3 is 2.45 bits per heavy atom. The molecular weight excluding hydrogens is 362 g/mol. The Labute approximate surface area is 171 Å². The van der Waals surface area contributed by atoms with Crippen LogP contribution >= 0.6 is 0 Å². The normalized spacial score (nSPS) is 42.6. The third-order valence-electron chi connectivity index (χ3n) is 9.65. The number of hydrogen-bond acceptors (Lipinski definition) is 4. The molecule has 1 aromatic heterocycles. The van der Waals surface area contributed by atoms with Gasteiger partial charge in [-0.2, -0.15) is 10.5 Å². The summed E-state index contributed by atoms with van der Waals surface area (Å²) in [6, 6.07) is 4.13. The molecule has 4 aliphatic carbocycles. The minimum absolute atomic E-state index is 0.0317. The van der Waals surface area contributed by atoms with Crippen molar-refractivity contribution in [1.29, 1.82) is 10.5 Å². The summed E-state index contributed by atoms with van der Waals surface area (Å²) in [6.45, 7) is 4.69. The Hall–Kier alpha value is -2.11. The molecule has 0 radical (unpaired) electrons. The summed E-state index contributed by atoms with van der Waals surface area (Å²) < 4.78 is 0. The maximum Gasteiger partial charge on any atom is 0.267 e. The second kappa shape index (κ2) is 6.19. The third-order valence-corrected chi connectivity index (χ3v) is 9.65. The maximum absolute atomic E-state index is 12.3. The van der Waals surface area contributed by atoms with Crippen molar-refractivity contribution in [2.24, 2.45) is 34.5 Å². The summed E-state index contributed by atoms with van der Waals surface area (Å²) in [6.07, 6.45) is 8.03. The van der Waals surface area contributed by atoms with Crippen molar-refractivity contribution in [1.82, 2.24) is 4.98 Å². The van der Waals surface area contributed by atoms with E-state index in [9.17, 15) is 20.4 Å². The SMILES string of the molecule is C[C@]12Cc3c([nH]c(=O)c(C#N)c3C#N)C[C@H]1CC[C@H]1[C@H]2CC[C@]2(C)[C@H](O)CC[C@@H]12. The summed E-state index contributed by atoms with van der Waals surface area (Å²) in [5, 5.41) is 29.8. The van der Waals surface area contributed by atoms with Gasteiger partial charge in [0.2, 0.25) is 0 Å². The molecule has 5 nitrogen and oxygen atoms in total. The summed E-state index contributed by atoms with van der Waals surface area (Å²) in [5.74, 6) is 2.32. The Kier molecular flexibility index (Phi) is 4.03. The second-order valence-corrected chi connectivity index (χ2v) is 10.6. The summed E-state index contributed by atoms with van der Waals surface area (Å²) >= 11 is 0. The van der Waals surface area contributed by atoms with E-state index in [4.69, 9.17) is 0 Å². The van der Waals surface area contributed by atoms with Gasteiger partial charge in [0.1, 0.15) is 17.7 Å². The number of H-pyrrole nitrogens is 1. The summed E-state index contributed by atoms with van der Waals surface area (Å²) in [7, 11) is 0. The molecule has 0 spiro atoms. The quantitative estimate of drug-likeness (QED) is 0.707. The molecule has 2 N–H and O–H groups in total. The summed E-state index contributed by atoms with van der Waals surface area (Å²) in [4.78, 5) is 15.2. The molecular formula is C24H29N3O2. The molecule has 0 aromatic carbocycles. The fourth-order valence-corrected chi connectivity index (χ4v) is 8.04. The van der Waals surface area contributed by atoms with Gasteiger partial charge in [-0.15, -0.1) is 0 Å². The lowest BCUT2D eigenvalue weighted by Crippen LogP contribution is -2.55. The number of nitrogens with one attached hydrogen (secondary N) is 1. The second-order valence-electron chi connectivity index (χ2n) is 10.6. The number of fused-ring (bicyclic) bond motifs is 6. The standard InChI is InChI=1S/C24H29N3O2/c1-23-8-7-19-14(18(23)5-6-21(23)28)4-3-13-9-20-15(10-24(13,19)2)16(11-25)17(12-26)22(29)27-20/h13-14,18-19,21,28H,3-10H2,1-2H3,(H,27,29)/t13-,14-,18+,19-,21-,23+,24+/m1/s1. The van der Waals surface area contributed by atoms with Crippen LogP contribution in [0.25, 0.3) is 0 Å². The summed E-state index contributed by atoms with van der Waals surface area (Å²) in [5.41, 5.74) is 1.77. The zero-order valence-electron chi connectivity index (χ0n) is 17.3. The van der Waals surface area contributed by atoms with Crippen LogP contribution in [0.2, 0.25) is 0 Å². The van der Waals surface area contributed by atoms with E-state index in [1.807, 2.05) is 6.07 Å². The van der Waals surface area contributed by atoms with Crippen LogP contribution in [0.5, 0.6) is 0 Å². The first kappa shape index (κ1) is 18.9.